The highest BCUT2D eigenvalue weighted by atomic mass is 16.5. The summed E-state index contributed by atoms with van der Waals surface area (Å²) in [4.78, 5) is 31.0. The SMILES string of the molecule is Cc1ccc(N2C[C@@H](C(=O)Nc3cccc(-c4noc(C)n4)c3)CC2=O)cc1. The lowest BCUT2D eigenvalue weighted by Crippen LogP contribution is -2.28. The third kappa shape index (κ3) is 3.64. The van der Waals surface area contributed by atoms with Crippen molar-refractivity contribution in [3.8, 4) is 11.4 Å². The van der Waals surface area contributed by atoms with E-state index in [-0.39, 0.29) is 18.2 Å². The standard InChI is InChI=1S/C21H20N4O3/c1-13-6-8-18(9-7-13)25-12-16(11-19(25)26)21(27)23-17-5-3-4-15(10-17)20-22-14(2)28-24-20/h3-10,16H,11-12H2,1-2H3,(H,23,27)/t16-/m0/s1. The Morgan fingerprint density at radius 1 is 1.18 bits per heavy atom. The van der Waals surface area contributed by atoms with Crippen LogP contribution in [0.2, 0.25) is 0 Å². The molecule has 0 saturated carbocycles. The first-order chi connectivity index (χ1) is 13.5. The van der Waals surface area contributed by atoms with Crippen molar-refractivity contribution >= 4 is 23.2 Å². The summed E-state index contributed by atoms with van der Waals surface area (Å²) in [6.07, 6.45) is 0.198. The number of aryl methyl sites for hydroxylation is 2. The third-order valence-corrected chi connectivity index (χ3v) is 4.76. The second kappa shape index (κ2) is 7.26. The Kier molecular flexibility index (Phi) is 4.65. The zero-order chi connectivity index (χ0) is 19.7. The highest BCUT2D eigenvalue weighted by Crippen LogP contribution is 2.27. The molecule has 1 atom stereocenters. The number of anilines is 2. The molecule has 2 heterocycles. The molecule has 0 bridgehead atoms. The summed E-state index contributed by atoms with van der Waals surface area (Å²) in [6, 6.07) is 15.0. The average molecular weight is 376 g/mol. The maximum absolute atomic E-state index is 12.7. The number of carbonyl (C=O) groups is 2. The minimum absolute atomic E-state index is 0.0416. The number of rotatable bonds is 4. The molecule has 0 spiro atoms. The smallest absolute Gasteiger partial charge is 0.229 e. The zero-order valence-corrected chi connectivity index (χ0v) is 15.7. The van der Waals surface area contributed by atoms with Gasteiger partial charge in [-0.3, -0.25) is 9.59 Å². The number of benzene rings is 2. The lowest BCUT2D eigenvalue weighted by Gasteiger charge is -2.17. The Labute approximate surface area is 162 Å². The van der Waals surface area contributed by atoms with Gasteiger partial charge in [0.05, 0.1) is 5.92 Å². The Morgan fingerprint density at radius 3 is 2.68 bits per heavy atom. The van der Waals surface area contributed by atoms with Crippen molar-refractivity contribution in [2.45, 2.75) is 20.3 Å². The van der Waals surface area contributed by atoms with E-state index in [0.717, 1.165) is 16.8 Å². The van der Waals surface area contributed by atoms with Gasteiger partial charge in [-0.15, -0.1) is 0 Å². The van der Waals surface area contributed by atoms with Crippen LogP contribution in [0.15, 0.2) is 53.1 Å². The molecule has 4 rings (SSSR count). The molecule has 1 aliphatic rings. The molecule has 1 saturated heterocycles. The molecular formula is C21H20N4O3. The Hall–Kier alpha value is -3.48. The number of nitrogens with zero attached hydrogens (tertiary/aromatic N) is 3. The van der Waals surface area contributed by atoms with Gasteiger partial charge in [0.15, 0.2) is 0 Å². The summed E-state index contributed by atoms with van der Waals surface area (Å²) in [7, 11) is 0. The molecule has 2 amide bonds. The molecule has 28 heavy (non-hydrogen) atoms. The Balaban J connectivity index is 1.46. The van der Waals surface area contributed by atoms with Crippen LogP contribution in [0.3, 0.4) is 0 Å². The van der Waals surface area contributed by atoms with Crippen LogP contribution in [0.4, 0.5) is 11.4 Å². The van der Waals surface area contributed by atoms with Crippen LogP contribution in [0.1, 0.15) is 17.9 Å². The van der Waals surface area contributed by atoms with Gasteiger partial charge in [-0.05, 0) is 31.2 Å². The Morgan fingerprint density at radius 2 is 1.96 bits per heavy atom. The second-order valence-electron chi connectivity index (χ2n) is 6.95. The van der Waals surface area contributed by atoms with Crippen molar-refractivity contribution in [2.75, 3.05) is 16.8 Å². The summed E-state index contributed by atoms with van der Waals surface area (Å²) in [5, 5.41) is 6.79. The van der Waals surface area contributed by atoms with Gasteiger partial charge >= 0.3 is 0 Å². The fourth-order valence-corrected chi connectivity index (χ4v) is 3.25. The van der Waals surface area contributed by atoms with Gasteiger partial charge in [-0.1, -0.05) is 35.0 Å². The quantitative estimate of drug-likeness (QED) is 0.754. The lowest BCUT2D eigenvalue weighted by atomic mass is 10.1. The number of aromatic nitrogens is 2. The molecule has 142 valence electrons. The molecule has 3 aromatic rings. The molecular weight excluding hydrogens is 356 g/mol. The van der Waals surface area contributed by atoms with Gasteiger partial charge < -0.3 is 14.7 Å². The van der Waals surface area contributed by atoms with Crippen LogP contribution in [0.5, 0.6) is 0 Å². The van der Waals surface area contributed by atoms with Crippen molar-refractivity contribution in [1.82, 2.24) is 10.1 Å². The van der Waals surface area contributed by atoms with Crippen LogP contribution < -0.4 is 10.2 Å². The summed E-state index contributed by atoms with van der Waals surface area (Å²) in [6.45, 7) is 4.09. The third-order valence-electron chi connectivity index (χ3n) is 4.76. The summed E-state index contributed by atoms with van der Waals surface area (Å²) >= 11 is 0. The van der Waals surface area contributed by atoms with Gasteiger partial charge in [0.2, 0.25) is 23.5 Å². The largest absolute Gasteiger partial charge is 0.339 e. The first kappa shape index (κ1) is 17.9. The number of nitrogens with one attached hydrogen (secondary N) is 1. The van der Waals surface area contributed by atoms with Gasteiger partial charge in [0.25, 0.3) is 0 Å². The molecule has 0 unspecified atom stereocenters. The highest BCUT2D eigenvalue weighted by Gasteiger charge is 2.35. The van der Waals surface area contributed by atoms with Crippen LogP contribution in [0.25, 0.3) is 11.4 Å². The molecule has 1 aromatic heterocycles. The van der Waals surface area contributed by atoms with Gasteiger partial charge in [0.1, 0.15) is 0 Å². The summed E-state index contributed by atoms with van der Waals surface area (Å²) in [5.74, 6) is 0.328. The molecule has 7 heteroatoms. The molecule has 2 aromatic carbocycles. The van der Waals surface area contributed by atoms with E-state index in [2.05, 4.69) is 15.5 Å². The predicted octanol–water partition coefficient (Wildman–Crippen LogP) is 3.35. The predicted molar refractivity (Wildman–Crippen MR) is 105 cm³/mol. The van der Waals surface area contributed by atoms with E-state index < -0.39 is 5.92 Å². The minimum atomic E-state index is -0.398. The monoisotopic (exact) mass is 376 g/mol. The van der Waals surface area contributed by atoms with E-state index in [9.17, 15) is 9.59 Å². The zero-order valence-electron chi connectivity index (χ0n) is 15.7. The summed E-state index contributed by atoms with van der Waals surface area (Å²) in [5.41, 5.74) is 3.33. The van der Waals surface area contributed by atoms with Crippen LogP contribution in [-0.2, 0) is 9.59 Å². The molecule has 1 fully saturated rings. The molecule has 0 radical (unpaired) electrons. The van der Waals surface area contributed by atoms with Crippen LogP contribution in [-0.4, -0.2) is 28.5 Å². The maximum atomic E-state index is 12.7. The van der Waals surface area contributed by atoms with Crippen molar-refractivity contribution in [3.63, 3.8) is 0 Å². The van der Waals surface area contributed by atoms with Crippen molar-refractivity contribution in [2.24, 2.45) is 5.92 Å². The van der Waals surface area contributed by atoms with E-state index in [0.29, 0.717) is 23.9 Å². The number of amides is 2. The fraction of sp³-hybridized carbons (Fsp3) is 0.238. The first-order valence-corrected chi connectivity index (χ1v) is 9.08. The van der Waals surface area contributed by atoms with E-state index in [4.69, 9.17) is 4.52 Å². The van der Waals surface area contributed by atoms with Crippen LogP contribution >= 0.6 is 0 Å². The number of hydrogen-bond donors (Lipinski definition) is 1. The van der Waals surface area contributed by atoms with Crippen molar-refractivity contribution in [3.05, 3.63) is 60.0 Å². The molecule has 1 N–H and O–H groups in total. The molecule has 1 aliphatic heterocycles. The molecule has 7 nitrogen and oxygen atoms in total. The van der Waals surface area contributed by atoms with Crippen LogP contribution in [0, 0.1) is 19.8 Å². The van der Waals surface area contributed by atoms with Gasteiger partial charge in [-0.25, -0.2) is 0 Å². The number of hydrogen-bond acceptors (Lipinski definition) is 5. The van der Waals surface area contributed by atoms with Gasteiger partial charge in [-0.2, -0.15) is 4.98 Å². The molecule has 0 aliphatic carbocycles. The van der Waals surface area contributed by atoms with E-state index in [1.54, 1.807) is 24.0 Å². The van der Waals surface area contributed by atoms with E-state index in [1.165, 1.54) is 0 Å². The maximum Gasteiger partial charge on any atom is 0.229 e. The van der Waals surface area contributed by atoms with E-state index in [1.807, 2.05) is 43.3 Å². The van der Waals surface area contributed by atoms with Gasteiger partial charge in [0, 0.05) is 36.8 Å². The second-order valence-corrected chi connectivity index (χ2v) is 6.95. The highest BCUT2D eigenvalue weighted by molar-refractivity contribution is 6.03. The minimum Gasteiger partial charge on any atom is -0.339 e. The lowest BCUT2D eigenvalue weighted by molar-refractivity contribution is -0.122. The average Bonchev–Trinajstić information content (AvgIpc) is 3.29. The number of carbonyl (C=O) groups excluding carboxylic acids is 2. The Bertz CT molecular complexity index is 1030. The fourth-order valence-electron chi connectivity index (χ4n) is 3.25. The van der Waals surface area contributed by atoms with Crippen molar-refractivity contribution in [1.29, 1.82) is 0 Å². The van der Waals surface area contributed by atoms with Crippen molar-refractivity contribution < 1.29 is 14.1 Å². The first-order valence-electron chi connectivity index (χ1n) is 9.08. The summed E-state index contributed by atoms with van der Waals surface area (Å²) < 4.78 is 5.00. The normalized spacial score (nSPS) is 16.4. The van der Waals surface area contributed by atoms with E-state index >= 15 is 0 Å². The topological polar surface area (TPSA) is 88.3 Å².